The summed E-state index contributed by atoms with van der Waals surface area (Å²) in [4.78, 5) is 26.4. The van der Waals surface area contributed by atoms with Gasteiger partial charge in [-0.25, -0.2) is 15.0 Å². The van der Waals surface area contributed by atoms with Gasteiger partial charge in [0.05, 0.1) is 16.0 Å². The maximum absolute atomic E-state index is 12.0. The van der Waals surface area contributed by atoms with E-state index >= 15 is 0 Å². The second-order valence-corrected chi connectivity index (χ2v) is 8.98. The first-order valence-electron chi connectivity index (χ1n) is 10.6. The Bertz CT molecular complexity index is 1530. The molecule has 0 radical (unpaired) electrons. The number of nitrogens with zero attached hydrogens (tertiary/aromatic N) is 4. The lowest BCUT2D eigenvalue weighted by Crippen LogP contribution is -2.11. The summed E-state index contributed by atoms with van der Waals surface area (Å²) >= 11 is 1.60. The number of nitrogens with one attached hydrogen (secondary N) is 1. The maximum atomic E-state index is 12.0. The van der Waals surface area contributed by atoms with E-state index in [0.29, 0.717) is 17.1 Å². The Balaban J connectivity index is 1.66. The second-order valence-electron chi connectivity index (χ2n) is 7.95. The first-order valence-corrected chi connectivity index (χ1v) is 11.4. The van der Waals surface area contributed by atoms with E-state index in [9.17, 15) is 4.79 Å². The predicted octanol–water partition coefficient (Wildman–Crippen LogP) is 5.52. The quantitative estimate of drug-likeness (QED) is 0.332. The third kappa shape index (κ3) is 3.74. The lowest BCUT2D eigenvalue weighted by Gasteiger charge is -2.09. The van der Waals surface area contributed by atoms with Gasteiger partial charge in [-0.3, -0.25) is 4.79 Å². The predicted molar refractivity (Wildman–Crippen MR) is 138 cm³/mol. The van der Waals surface area contributed by atoms with Crippen LogP contribution < -0.4 is 11.1 Å². The van der Waals surface area contributed by atoms with Crippen molar-refractivity contribution in [1.82, 2.24) is 19.5 Å². The van der Waals surface area contributed by atoms with Gasteiger partial charge in [0, 0.05) is 35.6 Å². The van der Waals surface area contributed by atoms with Crippen molar-refractivity contribution < 1.29 is 4.79 Å². The van der Waals surface area contributed by atoms with E-state index in [1.54, 1.807) is 18.3 Å². The van der Waals surface area contributed by atoms with Crippen LogP contribution in [0.4, 0.5) is 11.5 Å². The molecule has 3 heterocycles. The number of aromatic nitrogens is 4. The van der Waals surface area contributed by atoms with Gasteiger partial charge in [0.25, 0.3) is 5.91 Å². The smallest absolute Gasteiger partial charge is 0.250 e. The lowest BCUT2D eigenvalue weighted by atomic mass is 10.0. The molecule has 0 aliphatic heterocycles. The van der Waals surface area contributed by atoms with Crippen molar-refractivity contribution in [3.63, 3.8) is 0 Å². The summed E-state index contributed by atoms with van der Waals surface area (Å²) in [5.74, 6) is 0.209. The zero-order chi connectivity index (χ0) is 23.8. The Labute approximate surface area is 200 Å². The number of aryl methyl sites for hydroxylation is 1. The number of thiazole rings is 1. The molecule has 8 heteroatoms. The average molecular weight is 467 g/mol. The molecule has 0 spiro atoms. The van der Waals surface area contributed by atoms with Gasteiger partial charge in [0.15, 0.2) is 0 Å². The Kier molecular flexibility index (Phi) is 5.43. The fourth-order valence-corrected chi connectivity index (χ4v) is 4.88. The van der Waals surface area contributed by atoms with E-state index in [1.807, 2.05) is 72.4 Å². The van der Waals surface area contributed by atoms with E-state index in [-0.39, 0.29) is 5.91 Å². The zero-order valence-corrected chi connectivity index (χ0v) is 19.6. The van der Waals surface area contributed by atoms with Gasteiger partial charge >= 0.3 is 0 Å². The van der Waals surface area contributed by atoms with Crippen LogP contribution in [0.3, 0.4) is 0 Å². The normalized spacial score (nSPS) is 11.0. The SMILES string of the molecule is C=C(C)C(=O)Nc1ccc(-c2c(-c3cnc(-c4ccccc4)s3)c3c(N)ncnc3n2C)cc1. The number of fused-ring (bicyclic) bond motifs is 1. The molecule has 168 valence electrons. The Morgan fingerprint density at radius 3 is 2.47 bits per heavy atom. The van der Waals surface area contributed by atoms with E-state index in [4.69, 9.17) is 5.73 Å². The van der Waals surface area contributed by atoms with E-state index < -0.39 is 0 Å². The van der Waals surface area contributed by atoms with Crippen molar-refractivity contribution in [2.24, 2.45) is 7.05 Å². The summed E-state index contributed by atoms with van der Waals surface area (Å²) in [5.41, 5.74) is 12.1. The molecule has 2 aromatic carbocycles. The van der Waals surface area contributed by atoms with Gasteiger partial charge in [-0.1, -0.05) is 49.0 Å². The van der Waals surface area contributed by atoms with Crippen molar-refractivity contribution in [2.75, 3.05) is 11.1 Å². The summed E-state index contributed by atoms with van der Waals surface area (Å²) in [5, 5.41) is 4.56. The highest BCUT2D eigenvalue weighted by molar-refractivity contribution is 7.18. The minimum atomic E-state index is -0.209. The lowest BCUT2D eigenvalue weighted by molar-refractivity contribution is -0.112. The summed E-state index contributed by atoms with van der Waals surface area (Å²) in [6.45, 7) is 5.36. The zero-order valence-electron chi connectivity index (χ0n) is 18.7. The molecule has 0 saturated heterocycles. The number of nitrogen functional groups attached to an aromatic ring is 1. The third-order valence-corrected chi connectivity index (χ3v) is 6.64. The molecule has 0 aliphatic rings. The van der Waals surface area contributed by atoms with Gasteiger partial charge in [-0.05, 0) is 24.6 Å². The van der Waals surface area contributed by atoms with Gasteiger partial charge < -0.3 is 15.6 Å². The highest BCUT2D eigenvalue weighted by Gasteiger charge is 2.23. The molecule has 5 aromatic rings. The molecular formula is C26H22N6OS. The van der Waals surface area contributed by atoms with Crippen LogP contribution in [0, 0.1) is 0 Å². The topological polar surface area (TPSA) is 98.7 Å². The van der Waals surface area contributed by atoms with Crippen molar-refractivity contribution in [3.8, 4) is 32.3 Å². The number of carbonyl (C=O) groups excluding carboxylic acids is 1. The van der Waals surface area contributed by atoms with Crippen LogP contribution in [-0.2, 0) is 11.8 Å². The molecule has 5 rings (SSSR count). The highest BCUT2D eigenvalue weighted by Crippen LogP contribution is 2.44. The minimum absolute atomic E-state index is 0.209. The van der Waals surface area contributed by atoms with E-state index in [2.05, 4.69) is 26.8 Å². The molecule has 0 fully saturated rings. The van der Waals surface area contributed by atoms with Crippen LogP contribution in [0.5, 0.6) is 0 Å². The second kappa shape index (κ2) is 8.57. The number of rotatable bonds is 5. The van der Waals surface area contributed by atoms with E-state index in [0.717, 1.165) is 43.3 Å². The van der Waals surface area contributed by atoms with Crippen molar-refractivity contribution in [1.29, 1.82) is 0 Å². The Hall–Kier alpha value is -4.30. The number of benzene rings is 2. The number of carbonyl (C=O) groups is 1. The molecule has 3 aromatic heterocycles. The van der Waals surface area contributed by atoms with Crippen LogP contribution in [-0.4, -0.2) is 25.4 Å². The molecular weight excluding hydrogens is 444 g/mol. The van der Waals surface area contributed by atoms with Gasteiger partial charge in [-0.2, -0.15) is 0 Å². The molecule has 1 amide bonds. The summed E-state index contributed by atoms with van der Waals surface area (Å²) < 4.78 is 2.02. The average Bonchev–Trinajstić information content (AvgIpc) is 3.44. The molecule has 34 heavy (non-hydrogen) atoms. The molecule has 7 nitrogen and oxygen atoms in total. The van der Waals surface area contributed by atoms with Crippen LogP contribution in [0.1, 0.15) is 6.92 Å². The Morgan fingerprint density at radius 2 is 1.76 bits per heavy atom. The molecule has 0 saturated carbocycles. The minimum Gasteiger partial charge on any atom is -0.383 e. The number of hydrogen-bond donors (Lipinski definition) is 2. The van der Waals surface area contributed by atoms with Crippen LogP contribution >= 0.6 is 11.3 Å². The Morgan fingerprint density at radius 1 is 1.03 bits per heavy atom. The first kappa shape index (κ1) is 21.5. The van der Waals surface area contributed by atoms with Crippen molar-refractivity contribution >= 4 is 39.8 Å². The number of hydrogen-bond acceptors (Lipinski definition) is 6. The van der Waals surface area contributed by atoms with Crippen molar-refractivity contribution in [2.45, 2.75) is 6.92 Å². The van der Waals surface area contributed by atoms with Crippen LogP contribution in [0.2, 0.25) is 0 Å². The summed E-state index contributed by atoms with van der Waals surface area (Å²) in [6, 6.07) is 17.7. The first-order chi connectivity index (χ1) is 16.4. The fourth-order valence-electron chi connectivity index (χ4n) is 3.91. The fraction of sp³-hybridized carbons (Fsp3) is 0.0769. The largest absolute Gasteiger partial charge is 0.383 e. The molecule has 0 atom stereocenters. The molecule has 0 unspecified atom stereocenters. The third-order valence-electron chi connectivity index (χ3n) is 5.57. The number of nitrogens with two attached hydrogens (primary N) is 1. The molecule has 0 aliphatic carbocycles. The van der Waals surface area contributed by atoms with Gasteiger partial charge in [0.2, 0.25) is 0 Å². The monoisotopic (exact) mass is 466 g/mol. The maximum Gasteiger partial charge on any atom is 0.250 e. The molecule has 0 bridgehead atoms. The van der Waals surface area contributed by atoms with Crippen LogP contribution in [0.25, 0.3) is 43.3 Å². The van der Waals surface area contributed by atoms with Gasteiger partial charge in [-0.15, -0.1) is 11.3 Å². The highest BCUT2D eigenvalue weighted by atomic mass is 32.1. The van der Waals surface area contributed by atoms with Gasteiger partial charge in [0.1, 0.15) is 22.8 Å². The van der Waals surface area contributed by atoms with E-state index in [1.165, 1.54) is 6.33 Å². The summed E-state index contributed by atoms with van der Waals surface area (Å²) in [6.07, 6.45) is 3.35. The van der Waals surface area contributed by atoms with Crippen LogP contribution in [0.15, 0.2) is 79.3 Å². The standard InChI is InChI=1S/C26H22N6OS/c1-15(2)25(33)31-18-11-9-16(10-12-18)22-20(21-23(27)29-14-30-24(21)32(22)3)19-13-28-26(34-19)17-7-5-4-6-8-17/h4-14H,1H2,2-3H3,(H,31,33)(H2,27,29,30). The molecule has 3 N–H and O–H groups in total. The number of amides is 1. The number of anilines is 2. The van der Waals surface area contributed by atoms with Crippen molar-refractivity contribution in [3.05, 3.63) is 79.3 Å². The summed E-state index contributed by atoms with van der Waals surface area (Å²) in [7, 11) is 1.96.